The molecule has 1 rings (SSSR count). The van der Waals surface area contributed by atoms with Crippen molar-refractivity contribution in [1.82, 2.24) is 10.2 Å². The van der Waals surface area contributed by atoms with Crippen LogP contribution in [0.3, 0.4) is 0 Å². The molecule has 0 aliphatic rings. The van der Waals surface area contributed by atoms with E-state index in [-0.39, 0.29) is 6.03 Å². The van der Waals surface area contributed by atoms with Crippen LogP contribution in [-0.4, -0.2) is 25.0 Å². The number of rotatable bonds is 2. The Hall–Kier alpha value is -1.51. The lowest BCUT2D eigenvalue weighted by Gasteiger charge is -2.16. The zero-order valence-electron chi connectivity index (χ0n) is 8.87. The number of nitrogens with one attached hydrogen (secondary N) is 1. The molecule has 0 saturated carbocycles. The normalized spacial score (nSPS) is 9.64. The van der Waals surface area contributed by atoms with Gasteiger partial charge in [0.25, 0.3) is 0 Å². The summed E-state index contributed by atoms with van der Waals surface area (Å²) in [6.07, 6.45) is 0. The van der Waals surface area contributed by atoms with E-state index in [2.05, 4.69) is 11.4 Å². The summed E-state index contributed by atoms with van der Waals surface area (Å²) < 4.78 is 0. The monoisotopic (exact) mass is 192 g/mol. The van der Waals surface area contributed by atoms with E-state index in [1.165, 1.54) is 5.56 Å². The number of aryl methyl sites for hydroxylation is 1. The number of carbonyl (C=O) groups is 1. The third kappa shape index (κ3) is 2.76. The molecule has 0 aromatic heterocycles. The van der Waals surface area contributed by atoms with Gasteiger partial charge in [-0.25, -0.2) is 4.79 Å². The van der Waals surface area contributed by atoms with Crippen molar-refractivity contribution in [3.05, 3.63) is 35.4 Å². The van der Waals surface area contributed by atoms with Crippen molar-refractivity contribution in [3.8, 4) is 0 Å². The van der Waals surface area contributed by atoms with Crippen molar-refractivity contribution in [2.24, 2.45) is 0 Å². The smallest absolute Gasteiger partial charge is 0.317 e. The van der Waals surface area contributed by atoms with Gasteiger partial charge in [-0.05, 0) is 12.5 Å². The number of hydrogen-bond acceptors (Lipinski definition) is 1. The fourth-order valence-electron chi connectivity index (χ4n) is 1.35. The van der Waals surface area contributed by atoms with Gasteiger partial charge in [-0.3, -0.25) is 0 Å². The Morgan fingerprint density at radius 2 is 2.21 bits per heavy atom. The van der Waals surface area contributed by atoms with E-state index in [1.807, 2.05) is 25.1 Å². The number of amides is 2. The molecule has 0 spiro atoms. The second-order valence-electron chi connectivity index (χ2n) is 3.40. The number of urea groups is 1. The zero-order chi connectivity index (χ0) is 10.6. The zero-order valence-corrected chi connectivity index (χ0v) is 8.87. The highest BCUT2D eigenvalue weighted by Gasteiger charge is 2.05. The van der Waals surface area contributed by atoms with Crippen LogP contribution in [0.1, 0.15) is 11.1 Å². The van der Waals surface area contributed by atoms with Crippen LogP contribution in [0.15, 0.2) is 24.3 Å². The van der Waals surface area contributed by atoms with Crippen LogP contribution in [0.4, 0.5) is 4.79 Å². The molecule has 1 aromatic rings. The Morgan fingerprint density at radius 3 is 2.79 bits per heavy atom. The topological polar surface area (TPSA) is 32.3 Å². The second-order valence-corrected chi connectivity index (χ2v) is 3.40. The minimum atomic E-state index is -0.0634. The van der Waals surface area contributed by atoms with E-state index in [1.54, 1.807) is 19.0 Å². The first kappa shape index (κ1) is 10.6. The molecule has 0 aliphatic heterocycles. The highest BCUT2D eigenvalue weighted by molar-refractivity contribution is 5.73. The molecule has 0 radical (unpaired) electrons. The Kier molecular flexibility index (Phi) is 3.51. The number of nitrogens with zero attached hydrogens (tertiary/aromatic N) is 1. The van der Waals surface area contributed by atoms with Crippen LogP contribution in [0.2, 0.25) is 0 Å². The molecule has 0 aliphatic carbocycles. The second kappa shape index (κ2) is 4.65. The molecule has 14 heavy (non-hydrogen) atoms. The van der Waals surface area contributed by atoms with E-state index < -0.39 is 0 Å². The molecule has 1 N–H and O–H groups in total. The molecule has 3 heteroatoms. The molecule has 0 heterocycles. The van der Waals surface area contributed by atoms with Crippen LogP contribution in [0, 0.1) is 6.92 Å². The molecule has 0 saturated heterocycles. The van der Waals surface area contributed by atoms with E-state index in [4.69, 9.17) is 0 Å². The van der Waals surface area contributed by atoms with Crippen molar-refractivity contribution >= 4 is 6.03 Å². The predicted octanol–water partition coefficient (Wildman–Crippen LogP) is 1.77. The molecule has 0 unspecified atom stereocenters. The van der Waals surface area contributed by atoms with E-state index in [9.17, 15) is 4.79 Å². The summed E-state index contributed by atoms with van der Waals surface area (Å²) in [5, 5.41) is 2.59. The molecule has 1 aromatic carbocycles. The number of hydrogen-bond donors (Lipinski definition) is 1. The first-order valence-corrected chi connectivity index (χ1v) is 4.62. The minimum absolute atomic E-state index is 0.0634. The Balaban J connectivity index is 2.64. The summed E-state index contributed by atoms with van der Waals surface area (Å²) >= 11 is 0. The maximum atomic E-state index is 11.2. The largest absolute Gasteiger partial charge is 0.341 e. The van der Waals surface area contributed by atoms with Gasteiger partial charge in [-0.2, -0.15) is 0 Å². The van der Waals surface area contributed by atoms with Gasteiger partial charge < -0.3 is 10.2 Å². The standard InChI is InChI=1S/C11H16N2O/c1-9-5-4-6-10(7-9)8-13(3)11(14)12-2/h4-7H,8H2,1-3H3,(H,12,14). The molecule has 3 nitrogen and oxygen atoms in total. The van der Waals surface area contributed by atoms with Gasteiger partial charge in [-0.1, -0.05) is 29.8 Å². The Morgan fingerprint density at radius 1 is 1.50 bits per heavy atom. The maximum Gasteiger partial charge on any atom is 0.317 e. The third-order valence-corrected chi connectivity index (χ3v) is 2.06. The highest BCUT2D eigenvalue weighted by Crippen LogP contribution is 2.06. The SMILES string of the molecule is CNC(=O)N(C)Cc1cccc(C)c1. The summed E-state index contributed by atoms with van der Waals surface area (Å²) in [7, 11) is 3.41. The lowest BCUT2D eigenvalue weighted by molar-refractivity contribution is 0.209. The van der Waals surface area contributed by atoms with Crippen molar-refractivity contribution in [2.45, 2.75) is 13.5 Å². The van der Waals surface area contributed by atoms with Gasteiger partial charge in [0.05, 0.1) is 0 Å². The van der Waals surface area contributed by atoms with Crippen molar-refractivity contribution in [3.63, 3.8) is 0 Å². The predicted molar refractivity (Wildman–Crippen MR) is 57.1 cm³/mol. The summed E-state index contributed by atoms with van der Waals surface area (Å²) in [6, 6.07) is 8.09. The van der Waals surface area contributed by atoms with Gasteiger partial charge in [0.1, 0.15) is 0 Å². The summed E-state index contributed by atoms with van der Waals surface area (Å²) in [6.45, 7) is 2.69. The van der Waals surface area contributed by atoms with Gasteiger partial charge >= 0.3 is 6.03 Å². The average Bonchev–Trinajstić information content (AvgIpc) is 2.16. The number of carbonyl (C=O) groups excluding carboxylic acids is 1. The van der Waals surface area contributed by atoms with Crippen LogP contribution in [0.25, 0.3) is 0 Å². The maximum absolute atomic E-state index is 11.2. The molecule has 2 amide bonds. The van der Waals surface area contributed by atoms with E-state index >= 15 is 0 Å². The van der Waals surface area contributed by atoms with Crippen molar-refractivity contribution in [1.29, 1.82) is 0 Å². The molecule has 0 bridgehead atoms. The van der Waals surface area contributed by atoms with Crippen molar-refractivity contribution < 1.29 is 4.79 Å². The van der Waals surface area contributed by atoms with E-state index in [0.717, 1.165) is 5.56 Å². The number of benzene rings is 1. The van der Waals surface area contributed by atoms with Gasteiger partial charge in [-0.15, -0.1) is 0 Å². The first-order chi connectivity index (χ1) is 6.63. The minimum Gasteiger partial charge on any atom is -0.341 e. The summed E-state index contributed by atoms with van der Waals surface area (Å²) in [4.78, 5) is 12.9. The van der Waals surface area contributed by atoms with Crippen molar-refractivity contribution in [2.75, 3.05) is 14.1 Å². The van der Waals surface area contributed by atoms with Crippen LogP contribution in [0.5, 0.6) is 0 Å². The lowest BCUT2D eigenvalue weighted by Crippen LogP contribution is -2.34. The van der Waals surface area contributed by atoms with E-state index in [0.29, 0.717) is 6.54 Å². The molecule has 0 atom stereocenters. The Bertz CT molecular complexity index is 323. The fourth-order valence-corrected chi connectivity index (χ4v) is 1.35. The molecular formula is C11H16N2O. The molecule has 0 fully saturated rings. The van der Waals surface area contributed by atoms with Crippen LogP contribution in [-0.2, 0) is 6.54 Å². The Labute approximate surface area is 84.7 Å². The van der Waals surface area contributed by atoms with Gasteiger partial charge in [0, 0.05) is 20.6 Å². The molecular weight excluding hydrogens is 176 g/mol. The summed E-state index contributed by atoms with van der Waals surface area (Å²) in [5.74, 6) is 0. The average molecular weight is 192 g/mol. The van der Waals surface area contributed by atoms with Gasteiger partial charge in [0.2, 0.25) is 0 Å². The van der Waals surface area contributed by atoms with Gasteiger partial charge in [0.15, 0.2) is 0 Å². The molecule has 76 valence electrons. The lowest BCUT2D eigenvalue weighted by atomic mass is 10.1. The van der Waals surface area contributed by atoms with Crippen LogP contribution < -0.4 is 5.32 Å². The van der Waals surface area contributed by atoms with Crippen LogP contribution >= 0.6 is 0 Å². The quantitative estimate of drug-likeness (QED) is 0.761. The first-order valence-electron chi connectivity index (χ1n) is 4.62. The third-order valence-electron chi connectivity index (χ3n) is 2.06. The summed E-state index contributed by atoms with van der Waals surface area (Å²) in [5.41, 5.74) is 2.36. The fraction of sp³-hybridized carbons (Fsp3) is 0.364. The highest BCUT2D eigenvalue weighted by atomic mass is 16.2.